The number of pyridine rings is 1. The Morgan fingerprint density at radius 1 is 1.09 bits per heavy atom. The van der Waals surface area contributed by atoms with E-state index in [0.717, 1.165) is 29.3 Å². The maximum absolute atomic E-state index is 13.3. The van der Waals surface area contributed by atoms with E-state index in [9.17, 15) is 14.7 Å². The molecule has 4 rings (SSSR count). The topological polar surface area (TPSA) is 82.5 Å². The molecular weight excluding hydrogens is 414 g/mol. The number of aliphatic hydroxyl groups excluding tert-OH is 1. The Labute approximate surface area is 194 Å². The molecule has 1 aromatic heterocycles. The highest BCUT2D eigenvalue weighted by molar-refractivity contribution is 5.97. The first-order valence-electron chi connectivity index (χ1n) is 11.5. The summed E-state index contributed by atoms with van der Waals surface area (Å²) in [5.74, 6) is -0.214. The third-order valence-electron chi connectivity index (χ3n) is 7.00. The third-order valence-corrected chi connectivity index (χ3v) is 7.00. The van der Waals surface area contributed by atoms with Crippen LogP contribution in [0.15, 0.2) is 66.9 Å². The number of aliphatic hydroxyl groups is 1. The van der Waals surface area contributed by atoms with Crippen molar-refractivity contribution in [2.24, 2.45) is 0 Å². The molecule has 0 bridgehead atoms. The lowest BCUT2D eigenvalue weighted by Crippen LogP contribution is -2.44. The molecule has 2 amide bonds. The van der Waals surface area contributed by atoms with Crippen molar-refractivity contribution >= 4 is 22.7 Å². The zero-order chi connectivity index (χ0) is 23.4. The highest BCUT2D eigenvalue weighted by Crippen LogP contribution is 2.39. The molecule has 3 atom stereocenters. The summed E-state index contributed by atoms with van der Waals surface area (Å²) in [5.41, 5.74) is 2.23. The average Bonchev–Trinajstić information content (AvgIpc) is 3.01. The van der Waals surface area contributed by atoms with Crippen molar-refractivity contribution < 1.29 is 14.7 Å². The van der Waals surface area contributed by atoms with Crippen molar-refractivity contribution in [3.8, 4) is 0 Å². The van der Waals surface area contributed by atoms with Crippen LogP contribution < -0.4 is 5.32 Å². The van der Waals surface area contributed by atoms with Gasteiger partial charge in [-0.15, -0.1) is 0 Å². The molecule has 0 aliphatic heterocycles. The second-order valence-electron chi connectivity index (χ2n) is 9.10. The SMILES string of the molecule is CC(=O)NC[C@]1(c2ccccc2)CC[C@H](O)[C@@H](N(C)C(=O)c2cnc3ccccc3c2)CC1. The number of amides is 2. The lowest BCUT2D eigenvalue weighted by Gasteiger charge is -2.34. The summed E-state index contributed by atoms with van der Waals surface area (Å²) in [7, 11) is 1.76. The molecule has 0 spiro atoms. The summed E-state index contributed by atoms with van der Waals surface area (Å²) < 4.78 is 0. The fourth-order valence-electron chi connectivity index (χ4n) is 5.01. The van der Waals surface area contributed by atoms with Crippen LogP contribution in [0.2, 0.25) is 0 Å². The number of rotatable bonds is 5. The number of fused-ring (bicyclic) bond motifs is 1. The van der Waals surface area contributed by atoms with Gasteiger partial charge in [-0.1, -0.05) is 48.5 Å². The quantitative estimate of drug-likeness (QED) is 0.587. The van der Waals surface area contributed by atoms with Gasteiger partial charge < -0.3 is 15.3 Å². The standard InChI is InChI=1S/C27H31N3O3/c1-19(31)29-18-27(22-9-4-3-5-10-22)14-12-24(25(32)13-15-27)30(2)26(33)21-16-20-8-6-7-11-23(20)28-17-21/h3-11,16-17,24-25,32H,12-15,18H2,1-2H3,(H,29,31)/t24-,25-,27+/m0/s1. The van der Waals surface area contributed by atoms with Crippen LogP contribution in [0.4, 0.5) is 0 Å². The van der Waals surface area contributed by atoms with E-state index >= 15 is 0 Å². The molecule has 3 aromatic rings. The first-order chi connectivity index (χ1) is 15.9. The van der Waals surface area contributed by atoms with Crippen LogP contribution in [0.1, 0.15) is 48.5 Å². The highest BCUT2D eigenvalue weighted by atomic mass is 16.3. The fraction of sp³-hybridized carbons (Fsp3) is 0.370. The Bertz CT molecular complexity index is 1130. The Morgan fingerprint density at radius 2 is 1.79 bits per heavy atom. The highest BCUT2D eigenvalue weighted by Gasteiger charge is 2.40. The van der Waals surface area contributed by atoms with Gasteiger partial charge >= 0.3 is 0 Å². The first kappa shape index (κ1) is 22.9. The molecule has 1 aliphatic carbocycles. The maximum atomic E-state index is 13.3. The zero-order valence-corrected chi connectivity index (χ0v) is 19.2. The summed E-state index contributed by atoms with van der Waals surface area (Å²) in [6.45, 7) is 2.04. The minimum Gasteiger partial charge on any atom is -0.391 e. The van der Waals surface area contributed by atoms with Crippen LogP contribution >= 0.6 is 0 Å². The molecule has 2 aromatic carbocycles. The maximum Gasteiger partial charge on any atom is 0.255 e. The summed E-state index contributed by atoms with van der Waals surface area (Å²) in [6.07, 6.45) is 3.64. The molecule has 1 heterocycles. The van der Waals surface area contributed by atoms with Crippen LogP contribution in [-0.4, -0.2) is 52.5 Å². The predicted octanol–water partition coefficient (Wildman–Crippen LogP) is 3.68. The molecule has 6 heteroatoms. The molecule has 1 saturated carbocycles. The zero-order valence-electron chi connectivity index (χ0n) is 19.2. The Kier molecular flexibility index (Phi) is 6.75. The van der Waals surface area contributed by atoms with Gasteiger partial charge in [0.25, 0.3) is 5.91 Å². The average molecular weight is 446 g/mol. The summed E-state index contributed by atoms with van der Waals surface area (Å²) in [4.78, 5) is 31.1. The van der Waals surface area contributed by atoms with E-state index < -0.39 is 6.10 Å². The molecule has 0 unspecified atom stereocenters. The van der Waals surface area contributed by atoms with Crippen molar-refractivity contribution in [2.75, 3.05) is 13.6 Å². The fourth-order valence-corrected chi connectivity index (χ4v) is 5.01. The minimum atomic E-state index is -0.643. The number of likely N-dealkylation sites (N-methyl/N-ethyl adjacent to an activating group) is 1. The number of carbonyl (C=O) groups excluding carboxylic acids is 2. The van der Waals surface area contributed by atoms with Gasteiger partial charge in [0.1, 0.15) is 0 Å². The Hall–Kier alpha value is -3.25. The lowest BCUT2D eigenvalue weighted by molar-refractivity contribution is -0.119. The number of aromatic nitrogens is 1. The molecule has 1 aliphatic rings. The van der Waals surface area contributed by atoms with Crippen molar-refractivity contribution in [3.05, 3.63) is 78.0 Å². The summed E-state index contributed by atoms with van der Waals surface area (Å²) in [5, 5.41) is 15.0. The largest absolute Gasteiger partial charge is 0.391 e. The number of carbonyl (C=O) groups is 2. The molecule has 0 radical (unpaired) electrons. The minimum absolute atomic E-state index is 0.0669. The smallest absolute Gasteiger partial charge is 0.255 e. The van der Waals surface area contributed by atoms with E-state index in [4.69, 9.17) is 0 Å². The second-order valence-corrected chi connectivity index (χ2v) is 9.10. The van der Waals surface area contributed by atoms with Crippen molar-refractivity contribution in [2.45, 2.75) is 50.2 Å². The number of para-hydroxylation sites is 1. The van der Waals surface area contributed by atoms with Crippen LogP contribution in [-0.2, 0) is 10.2 Å². The van der Waals surface area contributed by atoms with Crippen LogP contribution in [0.25, 0.3) is 10.9 Å². The van der Waals surface area contributed by atoms with Crippen molar-refractivity contribution in [1.29, 1.82) is 0 Å². The molecular formula is C27H31N3O3. The van der Waals surface area contributed by atoms with Gasteiger partial charge in [0.15, 0.2) is 0 Å². The molecule has 33 heavy (non-hydrogen) atoms. The van der Waals surface area contributed by atoms with Gasteiger partial charge in [-0.05, 0) is 43.4 Å². The number of nitrogens with zero attached hydrogens (tertiary/aromatic N) is 2. The van der Waals surface area contributed by atoms with Gasteiger partial charge in [-0.3, -0.25) is 14.6 Å². The molecule has 2 N–H and O–H groups in total. The second kappa shape index (κ2) is 9.71. The lowest BCUT2D eigenvalue weighted by atomic mass is 9.74. The number of hydrogen-bond donors (Lipinski definition) is 2. The monoisotopic (exact) mass is 445 g/mol. The number of benzene rings is 2. The van der Waals surface area contributed by atoms with E-state index in [1.165, 1.54) is 6.92 Å². The molecule has 6 nitrogen and oxygen atoms in total. The third kappa shape index (κ3) is 4.91. The molecule has 172 valence electrons. The van der Waals surface area contributed by atoms with Crippen LogP contribution in [0, 0.1) is 0 Å². The van der Waals surface area contributed by atoms with E-state index in [0.29, 0.717) is 24.9 Å². The van der Waals surface area contributed by atoms with Crippen LogP contribution in [0.3, 0.4) is 0 Å². The number of nitrogens with one attached hydrogen (secondary N) is 1. The van der Waals surface area contributed by atoms with E-state index in [1.807, 2.05) is 48.5 Å². The van der Waals surface area contributed by atoms with Gasteiger partial charge in [-0.25, -0.2) is 0 Å². The normalized spacial score (nSPS) is 23.0. The van der Waals surface area contributed by atoms with Gasteiger partial charge in [0, 0.05) is 37.5 Å². The van der Waals surface area contributed by atoms with E-state index in [1.54, 1.807) is 18.1 Å². The van der Waals surface area contributed by atoms with E-state index in [2.05, 4.69) is 22.4 Å². The predicted molar refractivity (Wildman–Crippen MR) is 129 cm³/mol. The van der Waals surface area contributed by atoms with Gasteiger partial charge in [0.05, 0.1) is 23.2 Å². The van der Waals surface area contributed by atoms with Gasteiger partial charge in [0.2, 0.25) is 5.91 Å². The van der Waals surface area contributed by atoms with Crippen molar-refractivity contribution in [3.63, 3.8) is 0 Å². The number of hydrogen-bond acceptors (Lipinski definition) is 4. The van der Waals surface area contributed by atoms with Gasteiger partial charge in [-0.2, -0.15) is 0 Å². The summed E-state index contributed by atoms with van der Waals surface area (Å²) >= 11 is 0. The van der Waals surface area contributed by atoms with E-state index in [-0.39, 0.29) is 23.3 Å². The first-order valence-corrected chi connectivity index (χ1v) is 11.5. The summed E-state index contributed by atoms with van der Waals surface area (Å²) in [6, 6.07) is 19.4. The Balaban J connectivity index is 1.57. The molecule has 0 saturated heterocycles. The van der Waals surface area contributed by atoms with Crippen molar-refractivity contribution in [1.82, 2.24) is 15.2 Å². The molecule has 1 fully saturated rings. The van der Waals surface area contributed by atoms with Crippen LogP contribution in [0.5, 0.6) is 0 Å². The Morgan fingerprint density at radius 3 is 2.55 bits per heavy atom.